The Morgan fingerprint density at radius 2 is 2.00 bits per heavy atom. The predicted octanol–water partition coefficient (Wildman–Crippen LogP) is 1.54. The van der Waals surface area contributed by atoms with Crippen LogP contribution in [-0.4, -0.2) is 81.6 Å². The number of benzene rings is 2. The van der Waals surface area contributed by atoms with Crippen LogP contribution in [0.4, 0.5) is 0 Å². The first kappa shape index (κ1) is 27.0. The van der Waals surface area contributed by atoms with E-state index < -0.39 is 12.1 Å². The lowest BCUT2D eigenvalue weighted by molar-refractivity contribution is -0.123. The van der Waals surface area contributed by atoms with Crippen LogP contribution in [0.2, 0.25) is 0 Å². The van der Waals surface area contributed by atoms with E-state index >= 15 is 0 Å². The SMILES string of the molecule is COc1cc2ccc1CNC(=O)COc1cc(ccc1C)C(=O)N[C@H]1CN(C(=O)c3ccc4nnnn4c3)CC[C@H]1O2. The number of hydrogen-bond acceptors (Lipinski definition) is 9. The summed E-state index contributed by atoms with van der Waals surface area (Å²) in [4.78, 5) is 41.2. The van der Waals surface area contributed by atoms with Crippen LogP contribution in [0.5, 0.6) is 17.2 Å². The van der Waals surface area contributed by atoms with Gasteiger partial charge in [-0.1, -0.05) is 6.07 Å². The van der Waals surface area contributed by atoms with Crippen LogP contribution in [0.3, 0.4) is 0 Å². The van der Waals surface area contributed by atoms with Crippen molar-refractivity contribution < 1.29 is 28.6 Å². The first-order valence-corrected chi connectivity index (χ1v) is 13.5. The number of pyridine rings is 1. The van der Waals surface area contributed by atoms with Gasteiger partial charge in [-0.15, -0.1) is 5.10 Å². The highest BCUT2D eigenvalue weighted by Crippen LogP contribution is 2.28. The molecule has 2 aromatic heterocycles. The molecule has 3 aliphatic heterocycles. The Morgan fingerprint density at radius 1 is 1.12 bits per heavy atom. The fraction of sp³-hybridized carbons (Fsp3) is 0.310. The molecule has 3 aliphatic rings. The minimum atomic E-state index is -0.540. The number of ether oxygens (including phenoxy) is 3. The second-order valence-corrected chi connectivity index (χ2v) is 10.2. The zero-order chi connectivity index (χ0) is 29.2. The van der Waals surface area contributed by atoms with Crippen molar-refractivity contribution in [3.05, 3.63) is 77.0 Å². The summed E-state index contributed by atoms with van der Waals surface area (Å²) < 4.78 is 19.1. The van der Waals surface area contributed by atoms with Crippen LogP contribution in [0.15, 0.2) is 54.7 Å². The molecule has 4 aromatic rings. The number of carbonyl (C=O) groups excluding carboxylic acids is 3. The minimum absolute atomic E-state index is 0.210. The summed E-state index contributed by atoms with van der Waals surface area (Å²) in [5, 5.41) is 17.3. The molecule has 0 spiro atoms. The lowest BCUT2D eigenvalue weighted by Crippen LogP contribution is -2.58. The maximum absolute atomic E-state index is 13.5. The van der Waals surface area contributed by atoms with Crippen LogP contribution >= 0.6 is 0 Å². The van der Waals surface area contributed by atoms with E-state index in [4.69, 9.17) is 14.2 Å². The monoisotopic (exact) mass is 571 g/mol. The van der Waals surface area contributed by atoms with E-state index in [0.29, 0.717) is 47.0 Å². The predicted molar refractivity (Wildman–Crippen MR) is 148 cm³/mol. The number of nitrogens with one attached hydrogen (secondary N) is 2. The average molecular weight is 572 g/mol. The molecule has 0 saturated carbocycles. The third kappa shape index (κ3) is 5.53. The quantitative estimate of drug-likeness (QED) is 0.365. The van der Waals surface area contributed by atoms with Crippen LogP contribution in [-0.2, 0) is 11.3 Å². The van der Waals surface area contributed by atoms with E-state index in [0.717, 1.165) is 11.1 Å². The van der Waals surface area contributed by atoms with Crippen molar-refractivity contribution in [1.29, 1.82) is 0 Å². The third-order valence-electron chi connectivity index (χ3n) is 7.42. The Labute approximate surface area is 240 Å². The van der Waals surface area contributed by atoms with Crippen molar-refractivity contribution in [3.63, 3.8) is 0 Å². The van der Waals surface area contributed by atoms with Gasteiger partial charge in [-0.3, -0.25) is 14.4 Å². The highest BCUT2D eigenvalue weighted by molar-refractivity contribution is 5.96. The number of aromatic nitrogens is 4. The molecule has 1 saturated heterocycles. The molecular weight excluding hydrogens is 542 g/mol. The van der Waals surface area contributed by atoms with Crippen molar-refractivity contribution in [2.24, 2.45) is 0 Å². The van der Waals surface area contributed by atoms with Gasteiger partial charge in [-0.2, -0.15) is 4.52 Å². The highest BCUT2D eigenvalue weighted by Gasteiger charge is 2.35. The van der Waals surface area contributed by atoms with Crippen molar-refractivity contribution in [3.8, 4) is 17.2 Å². The van der Waals surface area contributed by atoms with Crippen LogP contribution in [0, 0.1) is 6.92 Å². The third-order valence-corrected chi connectivity index (χ3v) is 7.42. The maximum Gasteiger partial charge on any atom is 0.258 e. The molecule has 0 aliphatic carbocycles. The number of carbonyl (C=O) groups is 3. The van der Waals surface area contributed by atoms with E-state index in [1.165, 1.54) is 4.52 Å². The average Bonchev–Trinajstić information content (AvgIpc) is 3.48. The fourth-order valence-electron chi connectivity index (χ4n) is 5.10. The van der Waals surface area contributed by atoms with Gasteiger partial charge in [0.15, 0.2) is 12.3 Å². The Hall–Kier alpha value is -5.20. The van der Waals surface area contributed by atoms with Gasteiger partial charge >= 0.3 is 0 Å². The number of piperidine rings is 1. The molecule has 216 valence electrons. The smallest absolute Gasteiger partial charge is 0.258 e. The number of amides is 3. The molecule has 5 heterocycles. The van der Waals surface area contributed by atoms with E-state index in [2.05, 4.69) is 26.2 Å². The summed E-state index contributed by atoms with van der Waals surface area (Å²) in [6.45, 7) is 2.49. The van der Waals surface area contributed by atoms with Gasteiger partial charge in [0.05, 0.1) is 18.7 Å². The summed E-state index contributed by atoms with van der Waals surface area (Å²) in [5.41, 5.74) is 2.86. The molecule has 13 heteroatoms. The van der Waals surface area contributed by atoms with Gasteiger partial charge in [-0.25, -0.2) is 0 Å². The van der Waals surface area contributed by atoms with Crippen molar-refractivity contribution >= 4 is 23.4 Å². The topological polar surface area (TPSA) is 149 Å². The van der Waals surface area contributed by atoms with Gasteiger partial charge in [-0.05, 0) is 59.3 Å². The highest BCUT2D eigenvalue weighted by atomic mass is 16.5. The standard InChI is InChI=1S/C29H29N7O6/c1-17-3-4-18-11-24(17)41-16-27(37)30-13-19-5-7-21(12-25(19)40-2)42-23-9-10-35(15-22(23)31-28(18)38)29(39)20-6-8-26-32-33-34-36(26)14-20/h3-8,11-12,14,22-23H,9-10,13,15-16H2,1-2H3,(H,30,37)(H,31,38)/t22-,23+/m0/s1. The number of rotatable bonds is 2. The zero-order valence-electron chi connectivity index (χ0n) is 23.1. The van der Waals surface area contributed by atoms with E-state index in [9.17, 15) is 14.4 Å². The minimum Gasteiger partial charge on any atom is -0.496 e. The number of aryl methyl sites for hydroxylation is 1. The van der Waals surface area contributed by atoms with Gasteiger partial charge in [0, 0.05) is 49.4 Å². The second kappa shape index (κ2) is 11.4. The summed E-state index contributed by atoms with van der Waals surface area (Å²) in [7, 11) is 1.55. The van der Waals surface area contributed by atoms with Gasteiger partial charge < -0.3 is 29.7 Å². The molecule has 4 bridgehead atoms. The summed E-state index contributed by atoms with van der Waals surface area (Å²) in [6, 6.07) is 13.2. The molecule has 42 heavy (non-hydrogen) atoms. The lowest BCUT2D eigenvalue weighted by Gasteiger charge is -2.39. The summed E-state index contributed by atoms with van der Waals surface area (Å²) >= 11 is 0. The number of hydrogen-bond donors (Lipinski definition) is 2. The lowest BCUT2D eigenvalue weighted by atomic mass is 10.00. The Bertz CT molecular complexity index is 1670. The van der Waals surface area contributed by atoms with E-state index in [-0.39, 0.29) is 37.4 Å². The van der Waals surface area contributed by atoms with Crippen molar-refractivity contribution in [1.82, 2.24) is 35.6 Å². The Balaban J connectivity index is 1.31. The molecular formula is C29H29N7O6. The summed E-state index contributed by atoms with van der Waals surface area (Å²) in [5.74, 6) is 0.634. The van der Waals surface area contributed by atoms with Gasteiger partial charge in [0.1, 0.15) is 23.4 Å². The molecule has 2 aromatic carbocycles. The number of methoxy groups -OCH3 is 1. The normalized spacial score (nSPS) is 19.1. The molecule has 3 amide bonds. The first-order valence-electron chi connectivity index (χ1n) is 13.5. The molecule has 0 radical (unpaired) electrons. The number of nitrogens with zero attached hydrogens (tertiary/aromatic N) is 5. The van der Waals surface area contributed by atoms with Crippen molar-refractivity contribution in [2.75, 3.05) is 26.8 Å². The molecule has 1 fully saturated rings. The van der Waals surface area contributed by atoms with Crippen LogP contribution < -0.4 is 24.8 Å². The zero-order valence-corrected chi connectivity index (χ0v) is 23.1. The largest absolute Gasteiger partial charge is 0.496 e. The van der Waals surface area contributed by atoms with Crippen LogP contribution in [0.25, 0.3) is 5.65 Å². The Kier molecular flexibility index (Phi) is 7.30. The molecule has 2 N–H and O–H groups in total. The van der Waals surface area contributed by atoms with Gasteiger partial charge in [0.25, 0.3) is 17.7 Å². The second-order valence-electron chi connectivity index (χ2n) is 10.2. The molecule has 0 unspecified atom stereocenters. The number of likely N-dealkylation sites (tertiary alicyclic amines) is 1. The molecule has 2 atom stereocenters. The first-order chi connectivity index (χ1) is 20.4. The number of tetrazole rings is 1. The molecule has 7 rings (SSSR count). The fourth-order valence-corrected chi connectivity index (χ4v) is 5.10. The van der Waals surface area contributed by atoms with E-state index in [1.807, 2.05) is 13.0 Å². The van der Waals surface area contributed by atoms with Gasteiger partial charge in [0.2, 0.25) is 0 Å². The summed E-state index contributed by atoms with van der Waals surface area (Å²) in [6.07, 6.45) is 1.61. The van der Waals surface area contributed by atoms with Crippen LogP contribution in [0.1, 0.15) is 38.3 Å². The van der Waals surface area contributed by atoms with Crippen molar-refractivity contribution in [2.45, 2.75) is 32.0 Å². The maximum atomic E-state index is 13.5. The molecule has 13 nitrogen and oxygen atoms in total. The number of fused-ring (bicyclic) bond motifs is 8. The van der Waals surface area contributed by atoms with E-state index in [1.54, 1.807) is 60.7 Å². The Morgan fingerprint density at radius 3 is 2.86 bits per heavy atom.